The topological polar surface area (TPSA) is 209 Å². The predicted octanol–water partition coefficient (Wildman–Crippen LogP) is 7.29. The minimum absolute atomic E-state index is 0.0128. The average molecular weight is 1060 g/mol. The number of hydrogen-bond acceptors (Lipinski definition) is 14. The van der Waals surface area contributed by atoms with Crippen molar-refractivity contribution in [3.05, 3.63) is 88.5 Å². The molecule has 4 heterocycles. The molecule has 24 heteroatoms. The third-order valence-corrected chi connectivity index (χ3v) is 18.6. The molecule has 7 rings (SSSR count). The van der Waals surface area contributed by atoms with Crippen molar-refractivity contribution >= 4 is 70.6 Å². The Morgan fingerprint density at radius 2 is 1.43 bits per heavy atom. The van der Waals surface area contributed by atoms with Gasteiger partial charge in [-0.2, -0.15) is 0 Å². The molecule has 4 aliphatic rings. The molecule has 1 aliphatic carbocycles. The molecule has 2 atom stereocenters. The molecule has 1 aromatic heterocycles. The Bertz CT molecular complexity index is 2860. The first kappa shape index (κ1) is 56.4. The van der Waals surface area contributed by atoms with Crippen LogP contribution in [0.15, 0.2) is 58.8 Å². The zero-order valence-electron chi connectivity index (χ0n) is 43.6. The van der Waals surface area contributed by atoms with Crippen molar-refractivity contribution in [1.29, 1.82) is 0 Å². The molecular weight excluding hydrogens is 993 g/mol. The first-order valence-electron chi connectivity index (χ1n) is 23.6. The Morgan fingerprint density at radius 1 is 0.875 bits per heavy atom. The number of aliphatic imine (C=N–C) groups is 2. The zero-order valence-corrected chi connectivity index (χ0v) is 46.3. The highest BCUT2D eigenvalue weighted by atomic mass is 32.2. The third kappa shape index (κ3) is 12.9. The fraction of sp³-hybridized carbons (Fsp3) is 0.562. The number of carbonyl (C=O) groups is 1. The highest BCUT2D eigenvalue weighted by Crippen LogP contribution is 2.40. The Kier molecular flexibility index (Phi) is 15.7. The lowest BCUT2D eigenvalue weighted by Crippen LogP contribution is -2.56. The Labute approximate surface area is 423 Å². The van der Waals surface area contributed by atoms with Gasteiger partial charge in [0.1, 0.15) is 40.7 Å². The van der Waals surface area contributed by atoms with E-state index in [0.717, 1.165) is 44.2 Å². The maximum absolute atomic E-state index is 15.5. The zero-order chi connectivity index (χ0) is 53.8. The molecule has 0 spiro atoms. The molecule has 3 aliphatic heterocycles. The van der Waals surface area contributed by atoms with E-state index in [1.165, 1.54) is 64.5 Å². The summed E-state index contributed by atoms with van der Waals surface area (Å²) in [5, 5.41) is 0. The van der Waals surface area contributed by atoms with Crippen LogP contribution in [0.5, 0.6) is 0 Å². The number of sulfonamides is 2. The van der Waals surface area contributed by atoms with Gasteiger partial charge in [0, 0.05) is 52.0 Å². The number of hydrogen-bond donors (Lipinski definition) is 1. The highest BCUT2D eigenvalue weighted by molar-refractivity contribution is 7.90. The van der Waals surface area contributed by atoms with Gasteiger partial charge in [0.25, 0.3) is 0 Å². The lowest BCUT2D eigenvalue weighted by molar-refractivity contribution is 0.00578. The van der Waals surface area contributed by atoms with Crippen LogP contribution in [0.3, 0.4) is 0 Å². The summed E-state index contributed by atoms with van der Waals surface area (Å²) in [4.78, 5) is 31.7. The number of guanidine groups is 2. The number of ether oxygens (including phenoxy) is 2. The van der Waals surface area contributed by atoms with Crippen LogP contribution >= 0.6 is 0 Å². The highest BCUT2D eigenvalue weighted by Gasteiger charge is 2.53. The second kappa shape index (κ2) is 20.1. The Hall–Kier alpha value is -4.88. The minimum atomic E-state index is -4.05. The number of amides is 1. The maximum Gasteiger partial charge on any atom is 0.494 e. The molecule has 2 aromatic carbocycles. The van der Waals surface area contributed by atoms with Gasteiger partial charge in [-0.15, -0.1) is 0 Å². The van der Waals surface area contributed by atoms with Crippen molar-refractivity contribution in [2.45, 2.75) is 135 Å². The van der Waals surface area contributed by atoms with Crippen LogP contribution in [-0.4, -0.2) is 129 Å². The normalized spacial score (nSPS) is 23.7. The summed E-state index contributed by atoms with van der Waals surface area (Å²) in [5.74, 6) is -2.95. The van der Waals surface area contributed by atoms with E-state index < -0.39 is 98.2 Å². The number of carbonyl (C=O) groups excluding carboxylic acids is 1. The number of benzene rings is 2. The number of nitrogens with two attached hydrogens (primary N) is 1. The van der Waals surface area contributed by atoms with Gasteiger partial charge in [-0.25, -0.2) is 58.3 Å². The van der Waals surface area contributed by atoms with Crippen LogP contribution in [0, 0.1) is 11.6 Å². The fourth-order valence-corrected chi connectivity index (χ4v) is 11.5. The number of aromatic nitrogens is 2. The second-order valence-corrected chi connectivity index (χ2v) is 31.9. The predicted molar refractivity (Wildman–Crippen MR) is 275 cm³/mol. The Morgan fingerprint density at radius 3 is 1.96 bits per heavy atom. The molecule has 17 nitrogen and oxygen atoms in total. The van der Waals surface area contributed by atoms with Crippen molar-refractivity contribution in [3.8, 4) is 0 Å². The van der Waals surface area contributed by atoms with Crippen LogP contribution in [0.4, 0.5) is 18.0 Å². The standard InChI is InChI=1S/C28H47BFN3O7SSi.C20H21F2N5O2S/c1-25(2,3)38-24(34)33(19-37-15-16-42(10,11)12)23-31-28(8,18-41(35,36)32(23)9)21-17-20(13-14-22(21)30)29-39-26(4,5)27(6,7)40-29;1-20(11-30(28,29)27(2)19(23)26-20)14-7-12(3-6-15(14)21)8-16(22)18-10-24-17(9-25-18)13-4-5-13/h13-14,17H,15-16,18-19H2,1-12H3;3,6-10,13H,4-5,11H2,1-2H3,(H2,23,26)/b;16-8-/t28-;20-/m00/s1. The quantitative estimate of drug-likeness (QED) is 0.114. The van der Waals surface area contributed by atoms with E-state index in [0.29, 0.717) is 23.6 Å². The monoisotopic (exact) mass is 1060 g/mol. The van der Waals surface area contributed by atoms with Gasteiger partial charge in [0.2, 0.25) is 32.0 Å². The van der Waals surface area contributed by atoms with E-state index in [2.05, 4.69) is 34.6 Å². The van der Waals surface area contributed by atoms with Crippen LogP contribution in [0.1, 0.15) is 109 Å². The lowest BCUT2D eigenvalue weighted by Gasteiger charge is -2.39. The number of nitrogens with zero attached hydrogens (tertiary/aromatic N) is 7. The smallest absolute Gasteiger partial charge is 0.443 e. The van der Waals surface area contributed by atoms with Gasteiger partial charge < -0.3 is 24.5 Å². The molecule has 0 bridgehead atoms. The summed E-state index contributed by atoms with van der Waals surface area (Å²) in [6, 6.07) is 9.09. The van der Waals surface area contributed by atoms with Crippen LogP contribution in [-0.2, 0) is 49.9 Å². The van der Waals surface area contributed by atoms with E-state index in [4.69, 9.17) is 29.5 Å². The molecule has 1 amide bonds. The molecule has 3 aromatic rings. The molecule has 72 heavy (non-hydrogen) atoms. The summed E-state index contributed by atoms with van der Waals surface area (Å²) in [6.45, 7) is 22.5. The molecule has 0 unspecified atom stereocenters. The van der Waals surface area contributed by atoms with Crippen LogP contribution in [0.2, 0.25) is 25.7 Å². The summed E-state index contributed by atoms with van der Waals surface area (Å²) in [7, 11) is -7.45. The molecule has 1 saturated carbocycles. The van der Waals surface area contributed by atoms with Crippen molar-refractivity contribution in [1.82, 2.24) is 23.5 Å². The largest absolute Gasteiger partial charge is 0.494 e. The van der Waals surface area contributed by atoms with Crippen LogP contribution < -0.4 is 11.2 Å². The fourth-order valence-electron chi connectivity index (χ4n) is 7.80. The van der Waals surface area contributed by atoms with Gasteiger partial charge in [0.15, 0.2) is 5.83 Å². The first-order valence-corrected chi connectivity index (χ1v) is 30.5. The Balaban J connectivity index is 0.000000248. The molecule has 394 valence electrons. The van der Waals surface area contributed by atoms with Crippen molar-refractivity contribution in [3.63, 3.8) is 0 Å². The molecule has 1 saturated heterocycles. The summed E-state index contributed by atoms with van der Waals surface area (Å²) < 4.78 is 122. The van der Waals surface area contributed by atoms with Crippen molar-refractivity contribution in [2.24, 2.45) is 15.7 Å². The maximum atomic E-state index is 15.5. The van der Waals surface area contributed by atoms with E-state index in [1.54, 1.807) is 33.0 Å². The third-order valence-electron chi connectivity index (χ3n) is 13.0. The number of halogens is 3. The van der Waals surface area contributed by atoms with E-state index in [9.17, 15) is 30.4 Å². The van der Waals surface area contributed by atoms with Gasteiger partial charge in [-0.3, -0.25) is 9.97 Å². The summed E-state index contributed by atoms with van der Waals surface area (Å²) in [6.07, 6.45) is 5.46. The van der Waals surface area contributed by atoms with Crippen molar-refractivity contribution < 1.29 is 53.6 Å². The van der Waals surface area contributed by atoms with Gasteiger partial charge in [-0.05, 0) is 117 Å². The molecule has 0 radical (unpaired) electrons. The summed E-state index contributed by atoms with van der Waals surface area (Å²) >= 11 is 0. The first-order chi connectivity index (χ1) is 33.0. The van der Waals surface area contributed by atoms with E-state index in [-0.39, 0.29) is 35.5 Å². The van der Waals surface area contributed by atoms with E-state index in [1.807, 2.05) is 27.7 Å². The van der Waals surface area contributed by atoms with Gasteiger partial charge >= 0.3 is 13.2 Å². The van der Waals surface area contributed by atoms with Gasteiger partial charge in [-0.1, -0.05) is 37.8 Å². The number of rotatable bonds is 11. The molecule has 2 fully saturated rings. The second-order valence-electron chi connectivity index (χ2n) is 22.3. The summed E-state index contributed by atoms with van der Waals surface area (Å²) in [5.41, 5.74) is 2.42. The SMILES string of the molecule is CN1C(N(COCC[Si](C)(C)C)C(=O)OC(C)(C)C)=N[C@](C)(c2cc(B3OC(C)(C)C(C)(C)O3)ccc2F)CS1(=O)=O.CN1C(N)=N[C@](C)(c2cc(/C=C(\F)c3cnc(C4CC4)cn3)ccc2F)CS1(=O)=O. The lowest BCUT2D eigenvalue weighted by atomic mass is 9.76. The molecule has 2 N–H and O–H groups in total. The minimum Gasteiger partial charge on any atom is -0.443 e. The van der Waals surface area contributed by atoms with Gasteiger partial charge in [0.05, 0.1) is 34.6 Å². The molecular formula is C48H68BF3N8O9S2Si. The average Bonchev–Trinajstić information content (AvgIpc) is 4.06. The van der Waals surface area contributed by atoms with Crippen LogP contribution in [0.25, 0.3) is 11.9 Å². The van der Waals surface area contributed by atoms with Crippen molar-refractivity contribution in [2.75, 3.05) is 38.9 Å². The van der Waals surface area contributed by atoms with E-state index >= 15 is 4.39 Å².